The number of para-hydroxylation sites is 1. The number of carbonyl (C=O) groups is 1. The van der Waals surface area contributed by atoms with Crippen molar-refractivity contribution in [2.24, 2.45) is 0 Å². The fourth-order valence-corrected chi connectivity index (χ4v) is 1.46. The van der Waals surface area contributed by atoms with Gasteiger partial charge in [-0.3, -0.25) is 4.79 Å². The number of aromatic hydroxyl groups is 1. The zero-order valence-electron chi connectivity index (χ0n) is 9.70. The van der Waals surface area contributed by atoms with Crippen LogP contribution in [0.5, 0.6) is 5.75 Å². The second-order valence-corrected chi connectivity index (χ2v) is 3.83. The molecule has 0 atom stereocenters. The summed E-state index contributed by atoms with van der Waals surface area (Å²) in [6.07, 6.45) is 3.12. The van der Waals surface area contributed by atoms with E-state index in [1.54, 1.807) is 12.1 Å². The van der Waals surface area contributed by atoms with Gasteiger partial charge in [0.05, 0.1) is 0 Å². The number of hydrogen-bond acceptors (Lipinski definition) is 2. The molecule has 0 aliphatic rings. The number of unbranched alkanes of at least 4 members (excludes halogenated alkanes) is 1. The van der Waals surface area contributed by atoms with E-state index >= 15 is 0 Å². The van der Waals surface area contributed by atoms with Crippen LogP contribution in [-0.4, -0.2) is 17.6 Å². The Morgan fingerprint density at radius 2 is 2.12 bits per heavy atom. The fraction of sp³-hybridized carbons (Fsp3) is 0.462. The van der Waals surface area contributed by atoms with Crippen LogP contribution < -0.4 is 5.32 Å². The van der Waals surface area contributed by atoms with Crippen LogP contribution in [0.15, 0.2) is 24.3 Å². The molecule has 0 saturated carbocycles. The molecule has 1 aromatic rings. The molecule has 0 aliphatic carbocycles. The minimum Gasteiger partial charge on any atom is -0.508 e. The van der Waals surface area contributed by atoms with Crippen molar-refractivity contribution < 1.29 is 9.90 Å². The van der Waals surface area contributed by atoms with E-state index in [9.17, 15) is 9.90 Å². The number of rotatable bonds is 6. The van der Waals surface area contributed by atoms with Gasteiger partial charge in [0.1, 0.15) is 5.75 Å². The largest absolute Gasteiger partial charge is 0.508 e. The molecular weight excluding hydrogens is 202 g/mol. The molecule has 0 aromatic heterocycles. The first kappa shape index (κ1) is 12.6. The molecule has 0 unspecified atom stereocenters. The summed E-state index contributed by atoms with van der Waals surface area (Å²) in [7, 11) is 0. The van der Waals surface area contributed by atoms with Gasteiger partial charge in [-0.1, -0.05) is 31.5 Å². The van der Waals surface area contributed by atoms with Crippen molar-refractivity contribution in [2.45, 2.75) is 32.6 Å². The summed E-state index contributed by atoms with van der Waals surface area (Å²) in [6.45, 7) is 2.84. The number of phenols is 1. The van der Waals surface area contributed by atoms with Gasteiger partial charge in [-0.15, -0.1) is 0 Å². The first-order valence-electron chi connectivity index (χ1n) is 5.77. The van der Waals surface area contributed by atoms with Gasteiger partial charge in [0, 0.05) is 13.0 Å². The normalized spacial score (nSPS) is 10.1. The molecule has 0 aliphatic heterocycles. The van der Waals surface area contributed by atoms with Crippen molar-refractivity contribution in [2.75, 3.05) is 6.54 Å². The van der Waals surface area contributed by atoms with Crippen molar-refractivity contribution in [3.8, 4) is 5.75 Å². The monoisotopic (exact) mass is 221 g/mol. The maximum absolute atomic E-state index is 11.4. The summed E-state index contributed by atoms with van der Waals surface area (Å²) >= 11 is 0. The highest BCUT2D eigenvalue weighted by molar-refractivity contribution is 5.76. The molecule has 2 N–H and O–H groups in total. The Morgan fingerprint density at radius 1 is 1.38 bits per heavy atom. The maximum Gasteiger partial charge on any atom is 0.220 e. The van der Waals surface area contributed by atoms with Crippen molar-refractivity contribution in [3.63, 3.8) is 0 Å². The third kappa shape index (κ3) is 4.34. The highest BCUT2D eigenvalue weighted by Gasteiger charge is 2.04. The van der Waals surface area contributed by atoms with Crippen LogP contribution in [0.3, 0.4) is 0 Å². The third-order valence-corrected chi connectivity index (χ3v) is 2.47. The Bertz CT molecular complexity index is 336. The molecular formula is C13H19NO2. The summed E-state index contributed by atoms with van der Waals surface area (Å²) < 4.78 is 0. The molecule has 0 spiro atoms. The summed E-state index contributed by atoms with van der Waals surface area (Å²) in [5.74, 6) is 0.320. The van der Waals surface area contributed by atoms with Gasteiger partial charge in [0.15, 0.2) is 0 Å². The van der Waals surface area contributed by atoms with Crippen LogP contribution >= 0.6 is 0 Å². The van der Waals surface area contributed by atoms with Crippen molar-refractivity contribution in [1.29, 1.82) is 0 Å². The van der Waals surface area contributed by atoms with Gasteiger partial charge in [-0.2, -0.15) is 0 Å². The summed E-state index contributed by atoms with van der Waals surface area (Å²) in [4.78, 5) is 11.4. The van der Waals surface area contributed by atoms with Crippen LogP contribution in [0.1, 0.15) is 31.7 Å². The minimum absolute atomic E-state index is 0.0525. The lowest BCUT2D eigenvalue weighted by Gasteiger charge is -2.05. The van der Waals surface area contributed by atoms with Gasteiger partial charge in [-0.05, 0) is 24.5 Å². The predicted molar refractivity (Wildman–Crippen MR) is 64.3 cm³/mol. The molecule has 88 valence electrons. The Balaban J connectivity index is 2.29. The zero-order valence-corrected chi connectivity index (χ0v) is 9.70. The van der Waals surface area contributed by atoms with Crippen LogP contribution in [0.25, 0.3) is 0 Å². The molecule has 3 nitrogen and oxygen atoms in total. The van der Waals surface area contributed by atoms with Gasteiger partial charge in [-0.25, -0.2) is 0 Å². The van der Waals surface area contributed by atoms with E-state index in [-0.39, 0.29) is 11.7 Å². The van der Waals surface area contributed by atoms with E-state index in [1.807, 2.05) is 12.1 Å². The average Bonchev–Trinajstić information content (AvgIpc) is 2.28. The van der Waals surface area contributed by atoms with Crippen LogP contribution in [0.2, 0.25) is 0 Å². The average molecular weight is 221 g/mol. The SMILES string of the molecule is CCCCNC(=O)CCc1ccccc1O. The number of nitrogens with one attached hydrogen (secondary N) is 1. The molecule has 1 rings (SSSR count). The Labute approximate surface area is 96.5 Å². The van der Waals surface area contributed by atoms with Crippen molar-refractivity contribution in [1.82, 2.24) is 5.32 Å². The lowest BCUT2D eigenvalue weighted by Crippen LogP contribution is -2.24. The number of benzene rings is 1. The summed E-state index contributed by atoms with van der Waals surface area (Å²) in [6, 6.07) is 7.13. The predicted octanol–water partition coefficient (Wildman–Crippen LogP) is 2.24. The molecule has 0 bridgehead atoms. The topological polar surface area (TPSA) is 49.3 Å². The Hall–Kier alpha value is -1.51. The number of hydrogen-bond donors (Lipinski definition) is 2. The highest BCUT2D eigenvalue weighted by atomic mass is 16.3. The summed E-state index contributed by atoms with van der Waals surface area (Å²) in [5, 5.41) is 12.4. The molecule has 0 radical (unpaired) electrons. The van der Waals surface area contributed by atoms with Gasteiger partial charge >= 0.3 is 0 Å². The lowest BCUT2D eigenvalue weighted by molar-refractivity contribution is -0.121. The zero-order chi connectivity index (χ0) is 11.8. The molecule has 0 fully saturated rings. The Morgan fingerprint density at radius 3 is 2.81 bits per heavy atom. The Kier molecular flexibility index (Phi) is 5.40. The number of carbonyl (C=O) groups excluding carboxylic acids is 1. The van der Waals surface area contributed by atoms with Crippen LogP contribution in [-0.2, 0) is 11.2 Å². The van der Waals surface area contributed by atoms with Gasteiger partial charge in [0.2, 0.25) is 5.91 Å². The lowest BCUT2D eigenvalue weighted by atomic mass is 10.1. The van der Waals surface area contributed by atoms with E-state index in [2.05, 4.69) is 12.2 Å². The maximum atomic E-state index is 11.4. The fourth-order valence-electron chi connectivity index (χ4n) is 1.46. The van der Waals surface area contributed by atoms with Crippen molar-refractivity contribution >= 4 is 5.91 Å². The first-order valence-corrected chi connectivity index (χ1v) is 5.77. The minimum atomic E-state index is 0.0525. The molecule has 1 amide bonds. The van der Waals surface area contributed by atoms with Crippen LogP contribution in [0, 0.1) is 0 Å². The van der Waals surface area contributed by atoms with E-state index < -0.39 is 0 Å². The third-order valence-electron chi connectivity index (χ3n) is 2.47. The molecule has 1 aromatic carbocycles. The number of amides is 1. The van der Waals surface area contributed by atoms with E-state index in [0.717, 1.165) is 24.9 Å². The highest BCUT2D eigenvalue weighted by Crippen LogP contribution is 2.16. The summed E-state index contributed by atoms with van der Waals surface area (Å²) in [5.41, 5.74) is 0.827. The second kappa shape index (κ2) is 6.88. The number of phenolic OH excluding ortho intramolecular Hbond substituents is 1. The standard InChI is InChI=1S/C13H19NO2/c1-2-3-10-14-13(16)9-8-11-6-4-5-7-12(11)15/h4-7,15H,2-3,8-10H2,1H3,(H,14,16). The van der Waals surface area contributed by atoms with Crippen molar-refractivity contribution in [3.05, 3.63) is 29.8 Å². The molecule has 0 heterocycles. The second-order valence-electron chi connectivity index (χ2n) is 3.83. The number of aryl methyl sites for hydroxylation is 1. The molecule has 3 heteroatoms. The smallest absolute Gasteiger partial charge is 0.220 e. The van der Waals surface area contributed by atoms with Gasteiger partial charge in [0.25, 0.3) is 0 Å². The van der Waals surface area contributed by atoms with E-state index in [4.69, 9.17) is 0 Å². The molecule has 16 heavy (non-hydrogen) atoms. The quantitative estimate of drug-likeness (QED) is 0.724. The molecule has 0 saturated heterocycles. The first-order chi connectivity index (χ1) is 7.74. The van der Waals surface area contributed by atoms with Gasteiger partial charge < -0.3 is 10.4 Å². The van der Waals surface area contributed by atoms with Crippen LogP contribution in [0.4, 0.5) is 0 Å². The van der Waals surface area contributed by atoms with E-state index in [0.29, 0.717) is 12.8 Å². The van der Waals surface area contributed by atoms with E-state index in [1.165, 1.54) is 0 Å².